The van der Waals surface area contributed by atoms with Crippen molar-refractivity contribution in [3.8, 4) is 0 Å². The molecule has 0 bridgehead atoms. The summed E-state index contributed by atoms with van der Waals surface area (Å²) in [5.41, 5.74) is 1.01. The number of aryl methyl sites for hydroxylation is 1. The van der Waals surface area contributed by atoms with Crippen LogP contribution in [0.2, 0.25) is 0 Å². The first-order chi connectivity index (χ1) is 7.20. The molecule has 2 amide bonds. The number of hydrogen-bond acceptors (Lipinski definition) is 4. The molecule has 0 N–H and O–H groups in total. The summed E-state index contributed by atoms with van der Waals surface area (Å²) in [7, 11) is 0. The van der Waals surface area contributed by atoms with E-state index in [1.807, 2.05) is 0 Å². The number of amides is 2. The zero-order valence-corrected chi connectivity index (χ0v) is 8.04. The van der Waals surface area contributed by atoms with Gasteiger partial charge in [-0.2, -0.15) is 0 Å². The number of imide groups is 1. The van der Waals surface area contributed by atoms with Crippen LogP contribution in [0, 0.1) is 6.92 Å². The summed E-state index contributed by atoms with van der Waals surface area (Å²) in [5, 5.41) is 0.343. The van der Waals surface area contributed by atoms with Crippen molar-refractivity contribution in [2.75, 3.05) is 0 Å². The average Bonchev–Trinajstić information content (AvgIpc) is 2.25. The molecule has 0 fully saturated rings. The number of hydrogen-bond donors (Lipinski definition) is 0. The molecule has 0 saturated carbocycles. The summed E-state index contributed by atoms with van der Waals surface area (Å²) in [4.78, 5) is 36.3. The molecule has 0 spiro atoms. The molecule has 0 aliphatic heterocycles. The molecule has 0 aliphatic carbocycles. The first-order valence-electron chi connectivity index (χ1n) is 4.15. The minimum absolute atomic E-state index is 0.0184. The molecule has 1 aromatic rings. The van der Waals surface area contributed by atoms with Crippen molar-refractivity contribution in [3.05, 3.63) is 35.4 Å². The van der Waals surface area contributed by atoms with Gasteiger partial charge in [0.05, 0.1) is 0 Å². The maximum Gasteiger partial charge on any atom is 0.321 e. The molecular formula is C10H9NO4. The molecule has 1 aromatic carbocycles. The summed E-state index contributed by atoms with van der Waals surface area (Å²) < 4.78 is 0. The van der Waals surface area contributed by atoms with Gasteiger partial charge >= 0.3 is 6.47 Å². The van der Waals surface area contributed by atoms with Crippen LogP contribution in [0.25, 0.3) is 0 Å². The van der Waals surface area contributed by atoms with Crippen LogP contribution >= 0.6 is 0 Å². The van der Waals surface area contributed by atoms with E-state index in [0.717, 1.165) is 0 Å². The van der Waals surface area contributed by atoms with Gasteiger partial charge in [-0.3, -0.25) is 14.4 Å². The van der Waals surface area contributed by atoms with Gasteiger partial charge in [0.15, 0.2) is 0 Å². The fraction of sp³-hybridized carbons (Fsp3) is 0.100. The van der Waals surface area contributed by atoms with Crippen molar-refractivity contribution in [3.63, 3.8) is 0 Å². The maximum atomic E-state index is 11.6. The van der Waals surface area contributed by atoms with Gasteiger partial charge in [0.25, 0.3) is 12.3 Å². The fourth-order valence-electron chi connectivity index (χ4n) is 1.10. The van der Waals surface area contributed by atoms with Crippen molar-refractivity contribution in [1.82, 2.24) is 5.06 Å². The van der Waals surface area contributed by atoms with E-state index in [1.54, 1.807) is 31.2 Å². The van der Waals surface area contributed by atoms with E-state index >= 15 is 0 Å². The maximum absolute atomic E-state index is 11.6. The zero-order valence-electron chi connectivity index (χ0n) is 8.04. The highest BCUT2D eigenvalue weighted by molar-refractivity contribution is 6.00. The number of carbonyl (C=O) groups is 3. The summed E-state index contributed by atoms with van der Waals surface area (Å²) in [5.74, 6) is -0.671. The van der Waals surface area contributed by atoms with E-state index in [1.165, 1.54) is 0 Å². The van der Waals surface area contributed by atoms with E-state index < -0.39 is 5.91 Å². The Labute approximate surface area is 86.2 Å². The lowest BCUT2D eigenvalue weighted by Gasteiger charge is -2.12. The lowest BCUT2D eigenvalue weighted by atomic mass is 10.1. The van der Waals surface area contributed by atoms with Crippen molar-refractivity contribution in [1.29, 1.82) is 0 Å². The van der Waals surface area contributed by atoms with Gasteiger partial charge in [-0.05, 0) is 18.6 Å². The third kappa shape index (κ3) is 2.40. The smallest absolute Gasteiger partial charge is 0.321 e. The molecule has 0 heterocycles. The Balaban J connectivity index is 2.97. The third-order valence-corrected chi connectivity index (χ3v) is 1.83. The largest absolute Gasteiger partial charge is 0.334 e. The highest BCUT2D eigenvalue weighted by Gasteiger charge is 2.17. The molecule has 0 atom stereocenters. The molecule has 1 rings (SSSR count). The minimum Gasteiger partial charge on any atom is -0.334 e. The number of hydroxylamine groups is 2. The van der Waals surface area contributed by atoms with Crippen LogP contribution in [0.3, 0.4) is 0 Å². The number of carbonyl (C=O) groups excluding carboxylic acids is 3. The van der Waals surface area contributed by atoms with Crippen LogP contribution in [-0.4, -0.2) is 23.9 Å². The van der Waals surface area contributed by atoms with Crippen molar-refractivity contribution in [2.24, 2.45) is 0 Å². The first-order valence-corrected chi connectivity index (χ1v) is 4.15. The number of rotatable bonds is 4. The van der Waals surface area contributed by atoms with E-state index in [4.69, 9.17) is 0 Å². The quantitative estimate of drug-likeness (QED) is 0.538. The van der Waals surface area contributed by atoms with Crippen molar-refractivity contribution in [2.45, 2.75) is 6.92 Å². The standard InChI is InChI=1S/C10H9NO4/c1-8-4-2-3-5-9(8)10(14)11(6-12)15-7-13/h2-7H,1H3. The molecule has 0 saturated heterocycles. The van der Waals surface area contributed by atoms with Crippen LogP contribution in [-0.2, 0) is 14.4 Å². The summed E-state index contributed by atoms with van der Waals surface area (Å²) in [6, 6.07) is 6.68. The second-order valence-electron chi connectivity index (χ2n) is 2.75. The average molecular weight is 207 g/mol. The van der Waals surface area contributed by atoms with Gasteiger partial charge in [-0.1, -0.05) is 18.2 Å². The molecule has 0 aliphatic rings. The molecular weight excluding hydrogens is 198 g/mol. The van der Waals surface area contributed by atoms with Crippen LogP contribution in [0.15, 0.2) is 24.3 Å². The Hall–Kier alpha value is -2.17. The second kappa shape index (κ2) is 4.90. The van der Waals surface area contributed by atoms with E-state index in [9.17, 15) is 14.4 Å². The SMILES string of the molecule is Cc1ccccc1C(=O)N(C=O)OC=O. The molecule has 0 unspecified atom stereocenters. The van der Waals surface area contributed by atoms with Crippen molar-refractivity contribution < 1.29 is 19.2 Å². The number of benzene rings is 1. The molecule has 0 radical (unpaired) electrons. The van der Waals surface area contributed by atoms with Gasteiger partial charge < -0.3 is 4.84 Å². The first kappa shape index (κ1) is 10.9. The third-order valence-electron chi connectivity index (χ3n) is 1.83. The molecule has 78 valence electrons. The molecule has 0 aromatic heterocycles. The highest BCUT2D eigenvalue weighted by Crippen LogP contribution is 2.09. The summed E-state index contributed by atoms with van der Waals surface area (Å²) in [6.45, 7) is 1.74. The zero-order chi connectivity index (χ0) is 11.3. The predicted molar refractivity (Wildman–Crippen MR) is 50.6 cm³/mol. The summed E-state index contributed by atoms with van der Waals surface area (Å²) in [6.07, 6.45) is 0.142. The minimum atomic E-state index is -0.671. The lowest BCUT2D eigenvalue weighted by Crippen LogP contribution is -2.29. The summed E-state index contributed by atoms with van der Waals surface area (Å²) >= 11 is 0. The van der Waals surface area contributed by atoms with Gasteiger partial charge in [-0.25, -0.2) is 0 Å². The lowest BCUT2D eigenvalue weighted by molar-refractivity contribution is -0.167. The molecule has 5 heteroatoms. The van der Waals surface area contributed by atoms with E-state index in [2.05, 4.69) is 4.84 Å². The van der Waals surface area contributed by atoms with Crippen LogP contribution in [0.4, 0.5) is 0 Å². The Morgan fingerprint density at radius 2 is 2.00 bits per heavy atom. The van der Waals surface area contributed by atoms with Gasteiger partial charge in [-0.15, -0.1) is 5.06 Å². The Kier molecular flexibility index (Phi) is 3.56. The fourth-order valence-corrected chi connectivity index (χ4v) is 1.10. The Bertz CT molecular complexity index is 389. The molecule has 15 heavy (non-hydrogen) atoms. The van der Waals surface area contributed by atoms with E-state index in [-0.39, 0.29) is 12.9 Å². The predicted octanol–water partition coefficient (Wildman–Crippen LogP) is 0.682. The normalized spacial score (nSPS) is 9.13. The Morgan fingerprint density at radius 3 is 2.53 bits per heavy atom. The van der Waals surface area contributed by atoms with Crippen LogP contribution in [0.5, 0.6) is 0 Å². The van der Waals surface area contributed by atoms with Crippen LogP contribution < -0.4 is 0 Å². The van der Waals surface area contributed by atoms with E-state index in [0.29, 0.717) is 16.2 Å². The number of nitrogens with zero attached hydrogens (tertiary/aromatic N) is 1. The van der Waals surface area contributed by atoms with Gasteiger partial charge in [0.2, 0.25) is 0 Å². The topological polar surface area (TPSA) is 63.7 Å². The monoisotopic (exact) mass is 207 g/mol. The Morgan fingerprint density at radius 1 is 1.33 bits per heavy atom. The van der Waals surface area contributed by atoms with Gasteiger partial charge in [0.1, 0.15) is 0 Å². The van der Waals surface area contributed by atoms with Crippen molar-refractivity contribution >= 4 is 18.8 Å². The molecule has 5 nitrogen and oxygen atoms in total. The van der Waals surface area contributed by atoms with Crippen LogP contribution in [0.1, 0.15) is 15.9 Å². The second-order valence-corrected chi connectivity index (χ2v) is 2.75. The highest BCUT2D eigenvalue weighted by atomic mass is 16.7. The van der Waals surface area contributed by atoms with Gasteiger partial charge in [0, 0.05) is 5.56 Å².